The molecule has 2 rings (SSSR count). The molecule has 11 heteroatoms. The fourth-order valence-electron chi connectivity index (χ4n) is 2.05. The number of rotatable bonds is 5. The topological polar surface area (TPSA) is 137 Å². The second kappa shape index (κ2) is 8.25. The molecule has 0 aliphatic carbocycles. The Morgan fingerprint density at radius 3 is 2.04 bits per heavy atom. The first-order valence-corrected chi connectivity index (χ1v) is 9.25. The Balaban J connectivity index is 2.13. The average Bonchev–Trinajstić information content (AvgIpc) is 2.62. The van der Waals surface area contributed by atoms with Crippen LogP contribution in [0.1, 0.15) is 0 Å². The number of primary sulfonamides is 1. The van der Waals surface area contributed by atoms with Gasteiger partial charge in [-0.3, -0.25) is 9.59 Å². The molecule has 9 nitrogen and oxygen atoms in total. The standard InChI is InChI=1S/C16H16ClN3O6S/c1-25-13-8-12(14(26-2)7-11(13)17)20-16(22)15(21)19-9-3-5-10(6-4-9)27(18,23)24/h3-8H,1-2H3,(H,19,21)(H,20,22)(H2,18,23,24). The van der Waals surface area contributed by atoms with Crippen molar-refractivity contribution in [2.75, 3.05) is 24.9 Å². The lowest BCUT2D eigenvalue weighted by Gasteiger charge is -2.13. The Labute approximate surface area is 160 Å². The van der Waals surface area contributed by atoms with Crippen LogP contribution in [0.2, 0.25) is 5.02 Å². The minimum Gasteiger partial charge on any atom is -0.495 e. The highest BCUT2D eigenvalue weighted by Gasteiger charge is 2.18. The van der Waals surface area contributed by atoms with Gasteiger partial charge in [0.2, 0.25) is 10.0 Å². The van der Waals surface area contributed by atoms with E-state index >= 15 is 0 Å². The third kappa shape index (κ3) is 5.09. The molecule has 0 unspecified atom stereocenters. The summed E-state index contributed by atoms with van der Waals surface area (Å²) in [5.74, 6) is -1.44. The molecule has 27 heavy (non-hydrogen) atoms. The summed E-state index contributed by atoms with van der Waals surface area (Å²) in [4.78, 5) is 24.1. The summed E-state index contributed by atoms with van der Waals surface area (Å²) >= 11 is 5.98. The minimum atomic E-state index is -3.85. The van der Waals surface area contributed by atoms with Crippen LogP contribution >= 0.6 is 11.6 Å². The largest absolute Gasteiger partial charge is 0.495 e. The van der Waals surface area contributed by atoms with Crippen molar-refractivity contribution in [2.45, 2.75) is 4.90 Å². The Morgan fingerprint density at radius 2 is 1.52 bits per heavy atom. The van der Waals surface area contributed by atoms with Crippen LogP contribution in [0.3, 0.4) is 0 Å². The molecule has 2 aromatic rings. The maximum Gasteiger partial charge on any atom is 0.314 e. The highest BCUT2D eigenvalue weighted by molar-refractivity contribution is 7.89. The van der Waals surface area contributed by atoms with Gasteiger partial charge in [-0.15, -0.1) is 0 Å². The number of nitrogens with two attached hydrogens (primary N) is 1. The molecule has 0 spiro atoms. The van der Waals surface area contributed by atoms with Crippen molar-refractivity contribution < 1.29 is 27.5 Å². The Morgan fingerprint density at radius 1 is 0.963 bits per heavy atom. The summed E-state index contributed by atoms with van der Waals surface area (Å²) in [7, 11) is -1.08. The van der Waals surface area contributed by atoms with E-state index in [1.807, 2.05) is 0 Å². The van der Waals surface area contributed by atoms with Gasteiger partial charge in [0, 0.05) is 17.8 Å². The molecule has 0 aliphatic rings. The summed E-state index contributed by atoms with van der Waals surface area (Å²) in [6, 6.07) is 7.85. The zero-order valence-corrected chi connectivity index (χ0v) is 15.8. The molecule has 0 radical (unpaired) electrons. The van der Waals surface area contributed by atoms with E-state index in [2.05, 4.69) is 10.6 Å². The molecule has 0 heterocycles. The highest BCUT2D eigenvalue weighted by Crippen LogP contribution is 2.35. The number of nitrogens with one attached hydrogen (secondary N) is 2. The average molecular weight is 414 g/mol. The van der Waals surface area contributed by atoms with Gasteiger partial charge in [-0.05, 0) is 24.3 Å². The van der Waals surface area contributed by atoms with Crippen molar-refractivity contribution >= 4 is 44.8 Å². The third-order valence-corrected chi connectivity index (χ3v) is 4.59. The maximum absolute atomic E-state index is 12.1. The number of anilines is 2. The summed E-state index contributed by atoms with van der Waals surface area (Å²) in [5.41, 5.74) is 0.395. The fraction of sp³-hybridized carbons (Fsp3) is 0.125. The predicted octanol–water partition coefficient (Wildman–Crippen LogP) is 1.58. The van der Waals surface area contributed by atoms with Crippen LogP contribution in [0.5, 0.6) is 11.5 Å². The molecular weight excluding hydrogens is 398 g/mol. The van der Waals surface area contributed by atoms with Crippen molar-refractivity contribution in [1.82, 2.24) is 0 Å². The summed E-state index contributed by atoms with van der Waals surface area (Å²) in [6.07, 6.45) is 0. The smallest absolute Gasteiger partial charge is 0.314 e. The number of halogens is 1. The van der Waals surface area contributed by atoms with E-state index in [0.717, 1.165) is 0 Å². The number of ether oxygens (including phenoxy) is 2. The van der Waals surface area contributed by atoms with E-state index in [9.17, 15) is 18.0 Å². The van der Waals surface area contributed by atoms with Crippen LogP contribution in [-0.4, -0.2) is 34.5 Å². The molecule has 2 amide bonds. The fourth-order valence-corrected chi connectivity index (χ4v) is 2.80. The van der Waals surface area contributed by atoms with E-state index in [4.69, 9.17) is 26.2 Å². The van der Waals surface area contributed by atoms with Crippen molar-refractivity contribution in [3.05, 3.63) is 41.4 Å². The zero-order valence-electron chi connectivity index (χ0n) is 14.3. The van der Waals surface area contributed by atoms with Gasteiger partial charge in [0.05, 0.1) is 29.8 Å². The molecule has 0 fully saturated rings. The highest BCUT2D eigenvalue weighted by atomic mass is 35.5. The second-order valence-corrected chi connectivity index (χ2v) is 7.13. The number of methoxy groups -OCH3 is 2. The predicted molar refractivity (Wildman–Crippen MR) is 99.6 cm³/mol. The normalized spacial score (nSPS) is 10.8. The lowest BCUT2D eigenvalue weighted by molar-refractivity contribution is -0.133. The van der Waals surface area contributed by atoms with Gasteiger partial charge in [0.1, 0.15) is 11.5 Å². The number of hydrogen-bond donors (Lipinski definition) is 3. The number of carbonyl (C=O) groups excluding carboxylic acids is 2. The molecule has 144 valence electrons. The minimum absolute atomic E-state index is 0.122. The van der Waals surface area contributed by atoms with Crippen molar-refractivity contribution in [3.8, 4) is 11.5 Å². The van der Waals surface area contributed by atoms with Crippen LogP contribution in [0.25, 0.3) is 0 Å². The summed E-state index contributed by atoms with van der Waals surface area (Å²) < 4.78 is 32.6. The molecule has 4 N–H and O–H groups in total. The van der Waals surface area contributed by atoms with Crippen molar-refractivity contribution in [3.63, 3.8) is 0 Å². The summed E-state index contributed by atoms with van der Waals surface area (Å²) in [6.45, 7) is 0. The lowest BCUT2D eigenvalue weighted by atomic mass is 10.2. The van der Waals surface area contributed by atoms with Gasteiger partial charge in [0.15, 0.2) is 0 Å². The quantitative estimate of drug-likeness (QED) is 0.636. The van der Waals surface area contributed by atoms with Crippen molar-refractivity contribution in [2.24, 2.45) is 5.14 Å². The van der Waals surface area contributed by atoms with Gasteiger partial charge in [-0.25, -0.2) is 13.6 Å². The summed E-state index contributed by atoms with van der Waals surface area (Å²) in [5, 5.41) is 9.99. The number of sulfonamides is 1. The molecule has 0 aromatic heterocycles. The van der Waals surface area contributed by atoms with E-state index in [-0.39, 0.29) is 32.8 Å². The number of hydrogen-bond acceptors (Lipinski definition) is 6. The van der Waals surface area contributed by atoms with Gasteiger partial charge < -0.3 is 20.1 Å². The van der Waals surface area contributed by atoms with Crippen LogP contribution in [0.4, 0.5) is 11.4 Å². The molecule has 0 bridgehead atoms. The Kier molecular flexibility index (Phi) is 6.26. The Hall–Kier alpha value is -2.82. The number of carbonyl (C=O) groups is 2. The third-order valence-electron chi connectivity index (χ3n) is 3.37. The number of amides is 2. The van der Waals surface area contributed by atoms with E-state index in [0.29, 0.717) is 0 Å². The van der Waals surface area contributed by atoms with Crippen LogP contribution in [-0.2, 0) is 19.6 Å². The van der Waals surface area contributed by atoms with E-state index in [1.165, 1.54) is 50.6 Å². The van der Waals surface area contributed by atoms with Gasteiger partial charge in [-0.1, -0.05) is 11.6 Å². The van der Waals surface area contributed by atoms with Gasteiger partial charge >= 0.3 is 11.8 Å². The van der Waals surface area contributed by atoms with Gasteiger partial charge in [-0.2, -0.15) is 0 Å². The maximum atomic E-state index is 12.1. The Bertz CT molecular complexity index is 976. The molecule has 0 atom stereocenters. The van der Waals surface area contributed by atoms with E-state index < -0.39 is 21.8 Å². The molecule has 0 saturated heterocycles. The van der Waals surface area contributed by atoms with Crippen LogP contribution in [0, 0.1) is 0 Å². The number of benzene rings is 2. The van der Waals surface area contributed by atoms with Gasteiger partial charge in [0.25, 0.3) is 0 Å². The molecular formula is C16H16ClN3O6S. The zero-order chi connectivity index (χ0) is 20.2. The molecule has 2 aromatic carbocycles. The molecule has 0 saturated carbocycles. The first-order valence-electron chi connectivity index (χ1n) is 7.32. The lowest BCUT2D eigenvalue weighted by Crippen LogP contribution is -2.29. The SMILES string of the molecule is COc1cc(NC(=O)C(=O)Nc2ccc(S(N)(=O)=O)cc2)c(OC)cc1Cl. The monoisotopic (exact) mass is 413 g/mol. The van der Waals surface area contributed by atoms with Crippen LogP contribution < -0.4 is 25.2 Å². The first kappa shape index (κ1) is 20.5. The van der Waals surface area contributed by atoms with E-state index in [1.54, 1.807) is 0 Å². The first-order chi connectivity index (χ1) is 12.7. The molecule has 0 aliphatic heterocycles. The second-order valence-electron chi connectivity index (χ2n) is 5.16. The van der Waals surface area contributed by atoms with Crippen molar-refractivity contribution in [1.29, 1.82) is 0 Å². The van der Waals surface area contributed by atoms with Crippen LogP contribution in [0.15, 0.2) is 41.3 Å².